The van der Waals surface area contributed by atoms with Gasteiger partial charge in [0, 0.05) is 13.1 Å². The van der Waals surface area contributed by atoms with Crippen LogP contribution in [0.3, 0.4) is 0 Å². The molecule has 1 aliphatic rings. The van der Waals surface area contributed by atoms with Gasteiger partial charge in [-0.3, -0.25) is 4.79 Å². The Morgan fingerprint density at radius 1 is 1.42 bits per heavy atom. The first-order valence-corrected chi connectivity index (χ1v) is 7.41. The lowest BCUT2D eigenvalue weighted by Gasteiger charge is -2.40. The summed E-state index contributed by atoms with van der Waals surface area (Å²) < 4.78 is 36.8. The number of sulfonamides is 1. The van der Waals surface area contributed by atoms with Crippen molar-refractivity contribution in [2.24, 2.45) is 0 Å². The fourth-order valence-electron chi connectivity index (χ4n) is 2.24. The van der Waals surface area contributed by atoms with Crippen LogP contribution in [0.1, 0.15) is 31.3 Å². The van der Waals surface area contributed by atoms with Crippen LogP contribution in [-0.2, 0) is 14.8 Å². The van der Waals surface area contributed by atoms with E-state index >= 15 is 0 Å². The van der Waals surface area contributed by atoms with E-state index in [0.717, 1.165) is 0 Å². The molecule has 1 aliphatic heterocycles. The van der Waals surface area contributed by atoms with Crippen LogP contribution in [0, 0.1) is 0 Å². The average molecular weight is 287 g/mol. The van der Waals surface area contributed by atoms with Gasteiger partial charge in [-0.15, -0.1) is 0 Å². The van der Waals surface area contributed by atoms with Crippen molar-refractivity contribution in [3.8, 4) is 0 Å². The molecular formula is C12H17NO5S. The van der Waals surface area contributed by atoms with Crippen molar-refractivity contribution in [1.82, 2.24) is 4.31 Å². The lowest BCUT2D eigenvalue weighted by Crippen LogP contribution is -2.53. The van der Waals surface area contributed by atoms with E-state index in [1.807, 2.05) is 20.8 Å². The Morgan fingerprint density at radius 2 is 2.11 bits per heavy atom. The molecule has 0 saturated carbocycles. The van der Waals surface area contributed by atoms with Gasteiger partial charge in [0.25, 0.3) is 10.0 Å². The maximum absolute atomic E-state index is 12.4. The Balaban J connectivity index is 2.31. The average Bonchev–Trinajstić information content (AvgIpc) is 2.75. The minimum Gasteiger partial charge on any atom is -0.440 e. The zero-order chi connectivity index (χ0) is 14.3. The van der Waals surface area contributed by atoms with Gasteiger partial charge in [0.05, 0.1) is 11.7 Å². The summed E-state index contributed by atoms with van der Waals surface area (Å²) in [6, 6.07) is 2.64. The molecule has 1 fully saturated rings. The predicted octanol–water partition coefficient (Wildman–Crippen LogP) is 1.28. The molecule has 6 nitrogen and oxygen atoms in total. The Bertz CT molecular complexity index is 575. The van der Waals surface area contributed by atoms with Crippen LogP contribution in [0.4, 0.5) is 0 Å². The van der Waals surface area contributed by atoms with Crippen LogP contribution in [0.15, 0.2) is 21.6 Å². The second-order valence-corrected chi connectivity index (χ2v) is 7.13. The van der Waals surface area contributed by atoms with E-state index in [1.54, 1.807) is 0 Å². The Morgan fingerprint density at radius 3 is 2.63 bits per heavy atom. The van der Waals surface area contributed by atoms with Gasteiger partial charge < -0.3 is 9.15 Å². The van der Waals surface area contributed by atoms with E-state index < -0.39 is 15.6 Å². The van der Waals surface area contributed by atoms with Crippen molar-refractivity contribution in [2.45, 2.75) is 37.6 Å². The maximum Gasteiger partial charge on any atom is 0.276 e. The fourth-order valence-corrected chi connectivity index (χ4v) is 3.82. The summed E-state index contributed by atoms with van der Waals surface area (Å²) >= 11 is 0. The highest BCUT2D eigenvalue weighted by molar-refractivity contribution is 7.89. The first-order chi connectivity index (χ1) is 8.74. The van der Waals surface area contributed by atoms with E-state index in [1.165, 1.54) is 16.4 Å². The van der Waals surface area contributed by atoms with Crippen molar-refractivity contribution < 1.29 is 22.4 Å². The molecular weight excluding hydrogens is 270 g/mol. The molecule has 2 rings (SSSR count). The second kappa shape index (κ2) is 4.73. The van der Waals surface area contributed by atoms with Crippen LogP contribution >= 0.6 is 0 Å². The largest absolute Gasteiger partial charge is 0.440 e. The third kappa shape index (κ3) is 2.88. The number of morpholine rings is 1. The number of carbonyl (C=O) groups is 1. The van der Waals surface area contributed by atoms with Crippen LogP contribution in [-0.4, -0.2) is 43.8 Å². The van der Waals surface area contributed by atoms with Gasteiger partial charge in [0.2, 0.25) is 5.09 Å². The highest BCUT2D eigenvalue weighted by Gasteiger charge is 2.39. The lowest BCUT2D eigenvalue weighted by molar-refractivity contribution is -0.109. The van der Waals surface area contributed by atoms with Crippen LogP contribution in [0.2, 0.25) is 0 Å². The molecule has 0 aliphatic carbocycles. The molecule has 0 aromatic carbocycles. The van der Waals surface area contributed by atoms with Crippen molar-refractivity contribution in [3.63, 3.8) is 0 Å². The van der Waals surface area contributed by atoms with Crippen molar-refractivity contribution in [3.05, 3.63) is 17.9 Å². The predicted molar refractivity (Wildman–Crippen MR) is 67.5 cm³/mol. The molecule has 1 aromatic rings. The SMILES string of the molecule is CC1CN(S(=O)(=O)c2ccc(C=O)o2)CC(C)(C)O1. The normalized spacial score (nSPS) is 24.3. The molecule has 0 bridgehead atoms. The minimum atomic E-state index is -3.73. The van der Waals surface area contributed by atoms with Crippen LogP contribution in [0.5, 0.6) is 0 Å². The van der Waals surface area contributed by atoms with Crippen molar-refractivity contribution >= 4 is 16.3 Å². The molecule has 0 N–H and O–H groups in total. The molecule has 19 heavy (non-hydrogen) atoms. The Kier molecular flexibility index (Phi) is 3.55. The van der Waals surface area contributed by atoms with Gasteiger partial charge in [0.1, 0.15) is 0 Å². The number of hydrogen-bond acceptors (Lipinski definition) is 5. The molecule has 0 amide bonds. The van der Waals surface area contributed by atoms with Gasteiger partial charge in [-0.05, 0) is 32.9 Å². The van der Waals surface area contributed by atoms with Crippen LogP contribution < -0.4 is 0 Å². The van der Waals surface area contributed by atoms with Crippen molar-refractivity contribution in [2.75, 3.05) is 13.1 Å². The number of furan rings is 1. The number of rotatable bonds is 3. The van der Waals surface area contributed by atoms with Gasteiger partial charge in [-0.2, -0.15) is 4.31 Å². The van der Waals surface area contributed by atoms with Crippen LogP contribution in [0.25, 0.3) is 0 Å². The molecule has 1 atom stereocenters. The van der Waals surface area contributed by atoms with Crippen molar-refractivity contribution in [1.29, 1.82) is 0 Å². The number of carbonyl (C=O) groups excluding carboxylic acids is 1. The summed E-state index contributed by atoms with van der Waals surface area (Å²) in [5.41, 5.74) is -0.551. The fraction of sp³-hybridized carbons (Fsp3) is 0.583. The number of ether oxygens (including phenoxy) is 1. The summed E-state index contributed by atoms with van der Waals surface area (Å²) in [7, 11) is -3.73. The smallest absolute Gasteiger partial charge is 0.276 e. The van der Waals surface area contributed by atoms with E-state index in [9.17, 15) is 13.2 Å². The highest BCUT2D eigenvalue weighted by Crippen LogP contribution is 2.26. The van der Waals surface area contributed by atoms with E-state index in [4.69, 9.17) is 9.15 Å². The zero-order valence-corrected chi connectivity index (χ0v) is 11.9. The second-order valence-electron chi connectivity index (χ2n) is 5.26. The minimum absolute atomic E-state index is 0.000793. The van der Waals surface area contributed by atoms with E-state index in [0.29, 0.717) is 6.29 Å². The first-order valence-electron chi connectivity index (χ1n) is 5.97. The lowest BCUT2D eigenvalue weighted by atomic mass is 10.1. The number of nitrogens with zero attached hydrogens (tertiary/aromatic N) is 1. The highest BCUT2D eigenvalue weighted by atomic mass is 32.2. The third-order valence-corrected chi connectivity index (χ3v) is 4.54. The summed E-state index contributed by atoms with van der Waals surface area (Å²) in [6.45, 7) is 6.01. The topological polar surface area (TPSA) is 76.8 Å². The maximum atomic E-state index is 12.4. The Labute approximate surface area is 112 Å². The molecule has 1 unspecified atom stereocenters. The summed E-state index contributed by atoms with van der Waals surface area (Å²) in [5, 5.41) is -0.209. The molecule has 0 radical (unpaired) electrons. The third-order valence-electron chi connectivity index (χ3n) is 2.85. The summed E-state index contributed by atoms with van der Waals surface area (Å²) in [5.74, 6) is -0.000793. The van der Waals surface area contributed by atoms with Gasteiger partial charge in [-0.25, -0.2) is 8.42 Å². The quantitative estimate of drug-likeness (QED) is 0.783. The molecule has 1 aromatic heterocycles. The molecule has 1 saturated heterocycles. The molecule has 106 valence electrons. The number of hydrogen-bond donors (Lipinski definition) is 0. The number of aldehydes is 1. The molecule has 0 spiro atoms. The monoisotopic (exact) mass is 287 g/mol. The Hall–Kier alpha value is -1.18. The summed E-state index contributed by atoms with van der Waals surface area (Å²) in [6.07, 6.45) is 0.282. The van der Waals surface area contributed by atoms with E-state index in [-0.39, 0.29) is 30.0 Å². The molecule has 7 heteroatoms. The zero-order valence-electron chi connectivity index (χ0n) is 11.1. The van der Waals surface area contributed by atoms with Gasteiger partial charge in [-0.1, -0.05) is 0 Å². The standard InChI is InChI=1S/C12H17NO5S/c1-9-6-13(8-12(2,3)18-9)19(15,16)11-5-4-10(7-14)17-11/h4-5,7,9H,6,8H2,1-3H3. The van der Waals surface area contributed by atoms with E-state index in [2.05, 4.69) is 0 Å². The van der Waals surface area contributed by atoms with Gasteiger partial charge >= 0.3 is 0 Å². The van der Waals surface area contributed by atoms with Gasteiger partial charge in [0.15, 0.2) is 12.0 Å². The first kappa shape index (κ1) is 14.2. The summed E-state index contributed by atoms with van der Waals surface area (Å²) in [4.78, 5) is 10.6. The molecule has 2 heterocycles.